The van der Waals surface area contributed by atoms with Crippen molar-refractivity contribution in [3.05, 3.63) is 11.6 Å². The van der Waals surface area contributed by atoms with Crippen LogP contribution in [0.25, 0.3) is 0 Å². The molecule has 0 heterocycles. The second-order valence-corrected chi connectivity index (χ2v) is 12.6. The van der Waals surface area contributed by atoms with E-state index in [1.165, 1.54) is 70.6 Å². The third-order valence-corrected chi connectivity index (χ3v) is 10.4. The Kier molecular flexibility index (Phi) is 6.95. The lowest BCUT2D eigenvalue weighted by molar-refractivity contribution is -0.148. The number of fused-ring (bicyclic) bond motifs is 5. The molecule has 2 nitrogen and oxygen atoms in total. The van der Waals surface area contributed by atoms with Crippen LogP contribution in [0.2, 0.25) is 0 Å². The van der Waals surface area contributed by atoms with E-state index in [1.54, 1.807) is 12.5 Å². The summed E-state index contributed by atoms with van der Waals surface area (Å²) in [6.45, 7) is 11.5. The third-order valence-electron chi connectivity index (χ3n) is 10.4. The summed E-state index contributed by atoms with van der Waals surface area (Å²) in [5.74, 6) is 4.40. The zero-order valence-corrected chi connectivity index (χ0v) is 21.1. The van der Waals surface area contributed by atoms with Gasteiger partial charge in [-0.15, -0.1) is 0 Å². The highest BCUT2D eigenvalue weighted by Gasteiger charge is 2.58. The van der Waals surface area contributed by atoms with Crippen molar-refractivity contribution in [2.75, 3.05) is 0 Å². The lowest BCUT2D eigenvalue weighted by Gasteiger charge is -2.58. The molecule has 31 heavy (non-hydrogen) atoms. The van der Waals surface area contributed by atoms with Crippen LogP contribution in [-0.2, 0) is 9.53 Å². The molecule has 0 aromatic heterocycles. The molecule has 176 valence electrons. The Balaban J connectivity index is 1.40. The predicted octanol–water partition coefficient (Wildman–Crippen LogP) is 8.10. The number of hydrogen-bond donors (Lipinski definition) is 0. The Morgan fingerprint density at radius 1 is 1.06 bits per heavy atom. The molecule has 4 rings (SSSR count). The van der Waals surface area contributed by atoms with Crippen LogP contribution in [0, 0.1) is 40.4 Å². The van der Waals surface area contributed by atoms with Gasteiger partial charge >= 0.3 is 5.97 Å². The van der Waals surface area contributed by atoms with Gasteiger partial charge in [-0.3, -0.25) is 4.79 Å². The van der Waals surface area contributed by atoms with Gasteiger partial charge in [0.25, 0.3) is 0 Å². The highest BCUT2D eigenvalue weighted by atomic mass is 16.5. The Labute approximate surface area is 192 Å². The van der Waals surface area contributed by atoms with Crippen molar-refractivity contribution in [2.45, 2.75) is 124 Å². The summed E-state index contributed by atoms with van der Waals surface area (Å²) >= 11 is 0. The Morgan fingerprint density at radius 2 is 1.87 bits per heavy atom. The summed E-state index contributed by atoms with van der Waals surface area (Å²) < 4.78 is 5.61. The van der Waals surface area contributed by atoms with E-state index in [4.69, 9.17) is 4.74 Å². The first kappa shape index (κ1) is 23.4. The van der Waals surface area contributed by atoms with Gasteiger partial charge in [0, 0.05) is 13.3 Å². The maximum atomic E-state index is 11.5. The van der Waals surface area contributed by atoms with Crippen molar-refractivity contribution in [3.8, 4) is 0 Å². The van der Waals surface area contributed by atoms with Crippen molar-refractivity contribution in [2.24, 2.45) is 40.4 Å². The van der Waals surface area contributed by atoms with E-state index in [2.05, 4.69) is 33.8 Å². The van der Waals surface area contributed by atoms with Gasteiger partial charge in [0.15, 0.2) is 0 Å². The summed E-state index contributed by atoms with van der Waals surface area (Å²) in [4.78, 5) is 11.5. The van der Waals surface area contributed by atoms with Crippen molar-refractivity contribution >= 4 is 5.97 Å². The Morgan fingerprint density at radius 3 is 2.61 bits per heavy atom. The molecule has 0 unspecified atom stereocenters. The van der Waals surface area contributed by atoms with Crippen molar-refractivity contribution in [1.82, 2.24) is 0 Å². The van der Waals surface area contributed by atoms with Crippen LogP contribution in [-0.4, -0.2) is 12.1 Å². The van der Waals surface area contributed by atoms with Crippen LogP contribution in [0.1, 0.15) is 118 Å². The van der Waals surface area contributed by atoms with Crippen molar-refractivity contribution in [1.29, 1.82) is 0 Å². The molecule has 0 aliphatic heterocycles. The van der Waals surface area contributed by atoms with E-state index in [0.717, 1.165) is 42.4 Å². The van der Waals surface area contributed by atoms with Gasteiger partial charge in [-0.2, -0.15) is 0 Å². The van der Waals surface area contributed by atoms with E-state index >= 15 is 0 Å². The lowest BCUT2D eigenvalue weighted by Crippen LogP contribution is -2.50. The monoisotopic (exact) mass is 428 g/mol. The normalized spacial score (nSPS) is 41.9. The zero-order chi connectivity index (χ0) is 22.2. The highest BCUT2D eigenvalue weighted by Crippen LogP contribution is 2.66. The van der Waals surface area contributed by atoms with Gasteiger partial charge in [0.05, 0.1) is 0 Å². The molecule has 0 aromatic carbocycles. The summed E-state index contributed by atoms with van der Waals surface area (Å²) in [5.41, 5.74) is 2.57. The number of carbonyl (C=O) groups is 1. The fourth-order valence-corrected chi connectivity index (χ4v) is 8.67. The first-order valence-electron chi connectivity index (χ1n) is 13.6. The summed E-state index contributed by atoms with van der Waals surface area (Å²) in [7, 11) is 0. The standard InChI is InChI=1S/C29H48O2/c1-20(2)9-7-6-8-10-22-12-14-26-25-13-11-23-19-24(31-21(3)30)15-17-29(23,5)27(25)16-18-28(22,26)4/h11,20,22,24-27H,6-10,12-19H2,1-5H3/t22-,24-,25-,26-,27-,28+,29-/m0/s1. The summed E-state index contributed by atoms with van der Waals surface area (Å²) in [6, 6.07) is 0. The molecule has 0 N–H and O–H groups in total. The summed E-state index contributed by atoms with van der Waals surface area (Å²) in [6.07, 6.45) is 20.3. The number of hydrogen-bond acceptors (Lipinski definition) is 2. The van der Waals surface area contributed by atoms with Crippen LogP contribution in [0.3, 0.4) is 0 Å². The smallest absolute Gasteiger partial charge is 0.302 e. The molecule has 4 aliphatic rings. The van der Waals surface area contributed by atoms with Gasteiger partial charge in [0.1, 0.15) is 6.10 Å². The Hall–Kier alpha value is -0.790. The van der Waals surface area contributed by atoms with E-state index in [9.17, 15) is 4.79 Å². The molecule has 0 radical (unpaired) electrons. The molecule has 3 saturated carbocycles. The van der Waals surface area contributed by atoms with Gasteiger partial charge in [-0.1, -0.05) is 65.0 Å². The van der Waals surface area contributed by atoms with E-state index < -0.39 is 0 Å². The maximum Gasteiger partial charge on any atom is 0.302 e. The fraction of sp³-hybridized carbons (Fsp3) is 0.897. The lowest BCUT2D eigenvalue weighted by atomic mass is 9.47. The third kappa shape index (κ3) is 4.51. The molecular formula is C29H48O2. The number of ether oxygens (including phenoxy) is 1. The SMILES string of the molecule is CC(=O)O[C@H]1CC[C@@]2(C)C(=CC[C@H]3[C@@H]4CC[C@H](CCCCCC(C)C)[C@@]4(C)CC[C@@H]32)C1. The topological polar surface area (TPSA) is 26.3 Å². The van der Waals surface area contributed by atoms with Crippen molar-refractivity contribution in [3.63, 3.8) is 0 Å². The maximum absolute atomic E-state index is 11.5. The molecule has 0 amide bonds. The number of allylic oxidation sites excluding steroid dienone is 1. The molecule has 4 aliphatic carbocycles. The molecule has 0 saturated heterocycles. The quantitative estimate of drug-likeness (QED) is 0.232. The number of unbranched alkanes of at least 4 members (excludes halogenated alkanes) is 2. The van der Waals surface area contributed by atoms with Gasteiger partial charge in [-0.25, -0.2) is 0 Å². The predicted molar refractivity (Wildman–Crippen MR) is 129 cm³/mol. The van der Waals surface area contributed by atoms with Crippen LogP contribution in [0.5, 0.6) is 0 Å². The van der Waals surface area contributed by atoms with E-state index in [-0.39, 0.29) is 12.1 Å². The molecule has 0 aromatic rings. The molecule has 0 bridgehead atoms. The van der Waals surface area contributed by atoms with Crippen LogP contribution in [0.15, 0.2) is 11.6 Å². The first-order valence-corrected chi connectivity index (χ1v) is 13.6. The van der Waals surface area contributed by atoms with Crippen LogP contribution in [0.4, 0.5) is 0 Å². The molecule has 2 heteroatoms. The minimum atomic E-state index is -0.113. The second-order valence-electron chi connectivity index (χ2n) is 12.6. The Bertz CT molecular complexity index is 678. The minimum absolute atomic E-state index is 0.113. The molecule has 7 atom stereocenters. The minimum Gasteiger partial charge on any atom is -0.462 e. The van der Waals surface area contributed by atoms with Crippen LogP contribution < -0.4 is 0 Å². The van der Waals surface area contributed by atoms with Gasteiger partial charge in [-0.05, 0) is 91.8 Å². The number of carbonyl (C=O) groups excluding carboxylic acids is 1. The van der Waals surface area contributed by atoms with Gasteiger partial charge < -0.3 is 4.74 Å². The average Bonchev–Trinajstić information content (AvgIpc) is 3.04. The molecule has 0 spiro atoms. The van der Waals surface area contributed by atoms with E-state index in [0.29, 0.717) is 10.8 Å². The molecule has 3 fully saturated rings. The van der Waals surface area contributed by atoms with Gasteiger partial charge in [0.2, 0.25) is 0 Å². The second kappa shape index (κ2) is 9.22. The molecular weight excluding hydrogens is 380 g/mol. The first-order chi connectivity index (χ1) is 14.7. The van der Waals surface area contributed by atoms with E-state index in [1.807, 2.05) is 0 Å². The number of esters is 1. The summed E-state index contributed by atoms with van der Waals surface area (Å²) in [5, 5.41) is 0. The number of rotatable bonds is 7. The largest absolute Gasteiger partial charge is 0.462 e. The van der Waals surface area contributed by atoms with Crippen molar-refractivity contribution < 1.29 is 9.53 Å². The zero-order valence-electron chi connectivity index (χ0n) is 21.1. The average molecular weight is 429 g/mol. The fourth-order valence-electron chi connectivity index (χ4n) is 8.67. The highest BCUT2D eigenvalue weighted by molar-refractivity contribution is 5.66. The van der Waals surface area contributed by atoms with Crippen LogP contribution >= 0.6 is 0 Å².